The van der Waals surface area contributed by atoms with E-state index < -0.39 is 11.2 Å². The van der Waals surface area contributed by atoms with Crippen molar-refractivity contribution >= 4 is 5.71 Å². The molecule has 0 aliphatic carbocycles. The molecule has 2 aromatic rings. The maximum absolute atomic E-state index is 11.7. The van der Waals surface area contributed by atoms with Gasteiger partial charge in [0.2, 0.25) is 0 Å². The lowest BCUT2D eigenvalue weighted by Gasteiger charge is -2.04. The molecule has 0 saturated heterocycles. The van der Waals surface area contributed by atoms with Gasteiger partial charge in [0.05, 0.1) is 11.3 Å². The van der Waals surface area contributed by atoms with Gasteiger partial charge in [0.15, 0.2) is 0 Å². The molecule has 0 atom stereocenters. The van der Waals surface area contributed by atoms with Gasteiger partial charge in [-0.2, -0.15) is 0 Å². The number of benzene rings is 1. The number of H-pyrrole nitrogens is 2. The van der Waals surface area contributed by atoms with E-state index in [0.29, 0.717) is 23.6 Å². The molecule has 0 saturated carbocycles. The summed E-state index contributed by atoms with van der Waals surface area (Å²) >= 11 is 0. The lowest BCUT2D eigenvalue weighted by atomic mass is 10.1. The summed E-state index contributed by atoms with van der Waals surface area (Å²) in [7, 11) is 0. The third-order valence-corrected chi connectivity index (χ3v) is 2.77. The topological polar surface area (TPSA) is 87.3 Å². The molecule has 6 nitrogen and oxygen atoms in total. The van der Waals surface area contributed by atoms with E-state index in [1.54, 1.807) is 13.8 Å². The zero-order valence-electron chi connectivity index (χ0n) is 11.3. The molecule has 20 heavy (non-hydrogen) atoms. The van der Waals surface area contributed by atoms with Crippen molar-refractivity contribution in [3.63, 3.8) is 0 Å². The molecule has 0 unspecified atom stereocenters. The number of hydrogen-bond donors (Lipinski definition) is 2. The van der Waals surface area contributed by atoms with Crippen molar-refractivity contribution in [2.75, 3.05) is 0 Å². The largest absolute Gasteiger partial charge is 0.391 e. The van der Waals surface area contributed by atoms with Crippen molar-refractivity contribution in [3.8, 4) is 0 Å². The molecule has 1 aromatic heterocycles. The Morgan fingerprint density at radius 1 is 1.20 bits per heavy atom. The van der Waals surface area contributed by atoms with Gasteiger partial charge in [-0.15, -0.1) is 0 Å². The Hall–Kier alpha value is -2.63. The molecule has 2 rings (SSSR count). The second-order valence-electron chi connectivity index (χ2n) is 4.34. The van der Waals surface area contributed by atoms with Crippen molar-refractivity contribution in [1.82, 2.24) is 9.97 Å². The van der Waals surface area contributed by atoms with Crippen LogP contribution in [0.25, 0.3) is 0 Å². The molecule has 0 fully saturated rings. The lowest BCUT2D eigenvalue weighted by Crippen LogP contribution is -2.29. The van der Waals surface area contributed by atoms with Crippen molar-refractivity contribution in [2.45, 2.75) is 20.5 Å². The first-order valence-electron chi connectivity index (χ1n) is 6.12. The molecule has 0 radical (unpaired) electrons. The van der Waals surface area contributed by atoms with Crippen LogP contribution in [0.3, 0.4) is 0 Å². The van der Waals surface area contributed by atoms with E-state index in [1.807, 2.05) is 30.3 Å². The van der Waals surface area contributed by atoms with E-state index >= 15 is 0 Å². The van der Waals surface area contributed by atoms with Crippen LogP contribution in [0, 0.1) is 6.92 Å². The van der Waals surface area contributed by atoms with E-state index in [2.05, 4.69) is 15.1 Å². The van der Waals surface area contributed by atoms with Crippen LogP contribution >= 0.6 is 0 Å². The van der Waals surface area contributed by atoms with Gasteiger partial charge in [0, 0.05) is 5.69 Å². The quantitative estimate of drug-likeness (QED) is 0.650. The van der Waals surface area contributed by atoms with Crippen molar-refractivity contribution < 1.29 is 4.84 Å². The SMILES string of the molecule is C/C(=N\OCc1ccccc1)c1c(C)[nH]c(=O)[nH]c1=O. The van der Waals surface area contributed by atoms with Crippen LogP contribution in [0.15, 0.2) is 45.1 Å². The highest BCUT2D eigenvalue weighted by Gasteiger charge is 2.09. The minimum absolute atomic E-state index is 0.317. The number of nitrogens with one attached hydrogen (secondary N) is 2. The number of oxime groups is 1. The average Bonchev–Trinajstić information content (AvgIpc) is 2.38. The summed E-state index contributed by atoms with van der Waals surface area (Å²) in [5.74, 6) is 0. The predicted octanol–water partition coefficient (Wildman–Crippen LogP) is 1.31. The zero-order valence-corrected chi connectivity index (χ0v) is 11.3. The van der Waals surface area contributed by atoms with Crippen LogP contribution in [0.1, 0.15) is 23.7 Å². The molecule has 6 heteroatoms. The summed E-state index contributed by atoms with van der Waals surface area (Å²) in [5.41, 5.74) is 1.16. The number of nitrogens with zero attached hydrogens (tertiary/aromatic N) is 1. The van der Waals surface area contributed by atoms with E-state index in [-0.39, 0.29) is 0 Å². The summed E-state index contributed by atoms with van der Waals surface area (Å²) in [6.45, 7) is 3.61. The van der Waals surface area contributed by atoms with Gasteiger partial charge in [-0.3, -0.25) is 9.78 Å². The predicted molar refractivity (Wildman–Crippen MR) is 75.9 cm³/mol. The number of rotatable bonds is 4. The van der Waals surface area contributed by atoms with Crippen LogP contribution in [0.4, 0.5) is 0 Å². The molecule has 1 aromatic carbocycles. The Morgan fingerprint density at radius 3 is 2.55 bits per heavy atom. The molecule has 0 aliphatic heterocycles. The Morgan fingerprint density at radius 2 is 1.90 bits per heavy atom. The normalized spacial score (nSPS) is 11.4. The van der Waals surface area contributed by atoms with E-state index in [0.717, 1.165) is 5.56 Å². The summed E-state index contributed by atoms with van der Waals surface area (Å²) < 4.78 is 0. The molecular weight excluding hydrogens is 258 g/mol. The third-order valence-electron chi connectivity index (χ3n) is 2.77. The van der Waals surface area contributed by atoms with Crippen molar-refractivity contribution in [3.05, 3.63) is 68.0 Å². The highest BCUT2D eigenvalue weighted by atomic mass is 16.6. The first-order valence-corrected chi connectivity index (χ1v) is 6.12. The number of aryl methyl sites for hydroxylation is 1. The van der Waals surface area contributed by atoms with Crippen LogP contribution < -0.4 is 11.2 Å². The number of aromatic amines is 2. The van der Waals surface area contributed by atoms with E-state index in [1.165, 1.54) is 0 Å². The Balaban J connectivity index is 2.15. The minimum Gasteiger partial charge on any atom is -0.391 e. The summed E-state index contributed by atoms with van der Waals surface area (Å²) in [6, 6.07) is 9.57. The third kappa shape index (κ3) is 3.23. The first kappa shape index (κ1) is 13.8. The van der Waals surface area contributed by atoms with Gasteiger partial charge < -0.3 is 9.82 Å². The first-order chi connectivity index (χ1) is 9.58. The van der Waals surface area contributed by atoms with E-state index in [4.69, 9.17) is 4.84 Å². The average molecular weight is 273 g/mol. The summed E-state index contributed by atoms with van der Waals surface area (Å²) in [6.07, 6.45) is 0. The fraction of sp³-hybridized carbons (Fsp3) is 0.214. The Kier molecular flexibility index (Phi) is 4.14. The molecule has 0 bridgehead atoms. The highest BCUT2D eigenvalue weighted by Crippen LogP contribution is 2.03. The van der Waals surface area contributed by atoms with Gasteiger partial charge in [0.25, 0.3) is 5.56 Å². The summed E-state index contributed by atoms with van der Waals surface area (Å²) in [5, 5.41) is 3.92. The molecule has 104 valence electrons. The van der Waals surface area contributed by atoms with Crippen LogP contribution in [-0.4, -0.2) is 15.7 Å². The van der Waals surface area contributed by atoms with Crippen molar-refractivity contribution in [1.29, 1.82) is 0 Å². The maximum atomic E-state index is 11.7. The van der Waals surface area contributed by atoms with Gasteiger partial charge in [-0.1, -0.05) is 35.5 Å². The van der Waals surface area contributed by atoms with Crippen LogP contribution in [0.5, 0.6) is 0 Å². The van der Waals surface area contributed by atoms with E-state index in [9.17, 15) is 9.59 Å². The second kappa shape index (κ2) is 6.01. The summed E-state index contributed by atoms with van der Waals surface area (Å²) in [4.78, 5) is 32.7. The monoisotopic (exact) mass is 273 g/mol. The van der Waals surface area contributed by atoms with Gasteiger partial charge in [0.1, 0.15) is 6.61 Å². The smallest absolute Gasteiger partial charge is 0.325 e. The molecule has 0 spiro atoms. The molecule has 0 aliphatic rings. The van der Waals surface area contributed by atoms with Gasteiger partial charge in [-0.05, 0) is 19.4 Å². The highest BCUT2D eigenvalue weighted by molar-refractivity contribution is 5.98. The van der Waals surface area contributed by atoms with Crippen LogP contribution in [0.2, 0.25) is 0 Å². The Bertz CT molecular complexity index is 729. The zero-order chi connectivity index (χ0) is 14.5. The van der Waals surface area contributed by atoms with Gasteiger partial charge in [-0.25, -0.2) is 4.79 Å². The lowest BCUT2D eigenvalue weighted by molar-refractivity contribution is 0.130. The second-order valence-corrected chi connectivity index (χ2v) is 4.34. The fourth-order valence-corrected chi connectivity index (χ4v) is 1.86. The molecule has 0 amide bonds. The number of aromatic nitrogens is 2. The van der Waals surface area contributed by atoms with Crippen molar-refractivity contribution in [2.24, 2.45) is 5.16 Å². The molecular formula is C14H15N3O3. The van der Waals surface area contributed by atoms with Crippen LogP contribution in [-0.2, 0) is 11.4 Å². The fourth-order valence-electron chi connectivity index (χ4n) is 1.86. The molecule has 1 heterocycles. The maximum Gasteiger partial charge on any atom is 0.325 e. The van der Waals surface area contributed by atoms with Gasteiger partial charge >= 0.3 is 5.69 Å². The molecule has 2 N–H and O–H groups in total. The standard InChI is InChI=1S/C14H15N3O3/c1-9-12(13(18)16-14(19)15-9)10(2)17-20-8-11-6-4-3-5-7-11/h3-7H,8H2,1-2H3,(H2,15,16,18,19)/b17-10+. The minimum atomic E-state index is -0.533. The Labute approximate surface area is 115 Å². The number of hydrogen-bond acceptors (Lipinski definition) is 4.